The second kappa shape index (κ2) is 11.2. The first kappa shape index (κ1) is 22.5. The highest BCUT2D eigenvalue weighted by Crippen LogP contribution is 2.26. The summed E-state index contributed by atoms with van der Waals surface area (Å²) in [4.78, 5) is 10.9. The number of benzene rings is 1. The van der Waals surface area contributed by atoms with Crippen LogP contribution in [0, 0.1) is 5.92 Å². The van der Waals surface area contributed by atoms with Gasteiger partial charge in [-0.25, -0.2) is 0 Å². The zero-order chi connectivity index (χ0) is 20.5. The van der Waals surface area contributed by atoms with Crippen molar-refractivity contribution in [2.24, 2.45) is 5.92 Å². The molecule has 1 N–H and O–H groups in total. The summed E-state index contributed by atoms with van der Waals surface area (Å²) in [7, 11) is 0. The molecule has 1 aromatic heterocycles. The van der Waals surface area contributed by atoms with Gasteiger partial charge in [0.1, 0.15) is 5.75 Å². The number of ether oxygens (including phenoxy) is 1. The fourth-order valence-corrected chi connectivity index (χ4v) is 3.58. The standard InChI is InChI=1S/C22H31BrN2O3/c1-4-7-20-13-19(9-11-22(26)27)24-25(20)14-17-12-18(23)8-10-21(17)28-15-16(5-2)6-3/h8,10,12-13,16H,4-7,9,11,14-15H2,1-3H3,(H,26,27). The molecule has 0 bridgehead atoms. The van der Waals surface area contributed by atoms with Gasteiger partial charge >= 0.3 is 5.97 Å². The lowest BCUT2D eigenvalue weighted by Gasteiger charge is -2.17. The van der Waals surface area contributed by atoms with Crippen molar-refractivity contribution >= 4 is 21.9 Å². The Morgan fingerprint density at radius 1 is 1.21 bits per heavy atom. The van der Waals surface area contributed by atoms with Crippen LogP contribution in [-0.2, 0) is 24.2 Å². The molecule has 2 aromatic rings. The number of aryl methyl sites for hydroxylation is 2. The topological polar surface area (TPSA) is 64.3 Å². The van der Waals surface area contributed by atoms with E-state index in [1.807, 2.05) is 22.9 Å². The highest BCUT2D eigenvalue weighted by Gasteiger charge is 2.13. The van der Waals surface area contributed by atoms with Crippen LogP contribution in [0.2, 0.25) is 0 Å². The van der Waals surface area contributed by atoms with Gasteiger partial charge in [-0.05, 0) is 36.6 Å². The van der Waals surface area contributed by atoms with Crippen LogP contribution in [0.1, 0.15) is 63.4 Å². The van der Waals surface area contributed by atoms with Crippen molar-refractivity contribution < 1.29 is 14.6 Å². The molecule has 0 atom stereocenters. The molecule has 0 amide bonds. The Labute approximate surface area is 176 Å². The van der Waals surface area contributed by atoms with E-state index in [1.54, 1.807) is 0 Å². The van der Waals surface area contributed by atoms with Crippen LogP contribution < -0.4 is 4.74 Å². The smallest absolute Gasteiger partial charge is 0.303 e. The van der Waals surface area contributed by atoms with Crippen LogP contribution >= 0.6 is 15.9 Å². The minimum absolute atomic E-state index is 0.100. The number of hydrogen-bond donors (Lipinski definition) is 1. The van der Waals surface area contributed by atoms with Gasteiger partial charge in [0, 0.05) is 22.2 Å². The summed E-state index contributed by atoms with van der Waals surface area (Å²) < 4.78 is 9.15. The molecule has 0 aliphatic heterocycles. The Hall–Kier alpha value is -1.82. The zero-order valence-corrected chi connectivity index (χ0v) is 18.7. The minimum Gasteiger partial charge on any atom is -0.493 e. The fraction of sp³-hybridized carbons (Fsp3) is 0.545. The van der Waals surface area contributed by atoms with Gasteiger partial charge < -0.3 is 9.84 Å². The van der Waals surface area contributed by atoms with Gasteiger partial charge in [0.15, 0.2) is 0 Å². The number of carbonyl (C=O) groups is 1. The van der Waals surface area contributed by atoms with E-state index in [0.717, 1.165) is 52.9 Å². The van der Waals surface area contributed by atoms with E-state index in [9.17, 15) is 4.79 Å². The lowest BCUT2D eigenvalue weighted by molar-refractivity contribution is -0.136. The van der Waals surface area contributed by atoms with Gasteiger partial charge in [-0.15, -0.1) is 0 Å². The number of aliphatic carboxylic acids is 1. The summed E-state index contributed by atoms with van der Waals surface area (Å²) in [6.07, 6.45) is 4.70. The van der Waals surface area contributed by atoms with Crippen molar-refractivity contribution in [2.45, 2.75) is 65.8 Å². The monoisotopic (exact) mass is 450 g/mol. The number of carboxylic acids is 1. The highest BCUT2D eigenvalue weighted by molar-refractivity contribution is 9.10. The van der Waals surface area contributed by atoms with Gasteiger partial charge in [-0.2, -0.15) is 5.10 Å². The molecule has 1 heterocycles. The molecular weight excluding hydrogens is 420 g/mol. The normalized spacial score (nSPS) is 11.2. The third kappa shape index (κ3) is 6.66. The summed E-state index contributed by atoms with van der Waals surface area (Å²) in [5.41, 5.74) is 3.04. The van der Waals surface area contributed by atoms with E-state index in [1.165, 1.54) is 0 Å². The quantitative estimate of drug-likeness (QED) is 0.464. The van der Waals surface area contributed by atoms with E-state index in [4.69, 9.17) is 9.84 Å². The molecule has 5 nitrogen and oxygen atoms in total. The maximum absolute atomic E-state index is 10.9. The van der Waals surface area contributed by atoms with Gasteiger partial charge in [0.2, 0.25) is 0 Å². The Morgan fingerprint density at radius 2 is 1.96 bits per heavy atom. The predicted octanol–water partition coefficient (Wildman–Crippen LogP) is 5.48. The largest absolute Gasteiger partial charge is 0.493 e. The van der Waals surface area contributed by atoms with Crippen molar-refractivity contribution in [2.75, 3.05) is 6.61 Å². The number of carboxylic acid groups (broad SMARTS) is 1. The van der Waals surface area contributed by atoms with Crippen LogP contribution in [0.3, 0.4) is 0 Å². The number of hydrogen-bond acceptors (Lipinski definition) is 3. The number of rotatable bonds is 12. The summed E-state index contributed by atoms with van der Waals surface area (Å²) in [6, 6.07) is 8.13. The molecule has 0 saturated heterocycles. The molecule has 2 rings (SSSR count). The maximum Gasteiger partial charge on any atom is 0.303 e. The molecule has 6 heteroatoms. The first-order chi connectivity index (χ1) is 13.5. The molecule has 0 fully saturated rings. The molecular formula is C22H31BrN2O3. The molecule has 0 aliphatic carbocycles. The van der Waals surface area contributed by atoms with Gasteiger partial charge in [0.25, 0.3) is 0 Å². The second-order valence-electron chi connectivity index (χ2n) is 7.17. The lowest BCUT2D eigenvalue weighted by Crippen LogP contribution is -2.13. The molecule has 0 aliphatic rings. The van der Waals surface area contributed by atoms with Crippen LogP contribution in [0.15, 0.2) is 28.7 Å². The molecule has 0 saturated carbocycles. The molecule has 0 unspecified atom stereocenters. The Morgan fingerprint density at radius 3 is 2.61 bits per heavy atom. The van der Waals surface area contributed by atoms with E-state index >= 15 is 0 Å². The Balaban J connectivity index is 2.23. The predicted molar refractivity (Wildman–Crippen MR) is 115 cm³/mol. The van der Waals surface area contributed by atoms with Crippen LogP contribution in [0.5, 0.6) is 5.75 Å². The molecule has 154 valence electrons. The summed E-state index contributed by atoms with van der Waals surface area (Å²) in [6.45, 7) is 7.85. The van der Waals surface area contributed by atoms with Crippen LogP contribution in [0.25, 0.3) is 0 Å². The van der Waals surface area contributed by atoms with E-state index in [0.29, 0.717) is 25.5 Å². The van der Waals surface area contributed by atoms with E-state index in [2.05, 4.69) is 47.9 Å². The summed E-state index contributed by atoms with van der Waals surface area (Å²) in [5.74, 6) is 0.648. The van der Waals surface area contributed by atoms with Crippen molar-refractivity contribution in [1.82, 2.24) is 9.78 Å². The van der Waals surface area contributed by atoms with Crippen molar-refractivity contribution in [1.29, 1.82) is 0 Å². The average Bonchev–Trinajstić information content (AvgIpc) is 3.04. The Bertz CT molecular complexity index is 769. The third-order valence-electron chi connectivity index (χ3n) is 4.99. The van der Waals surface area contributed by atoms with Crippen molar-refractivity contribution in [3.63, 3.8) is 0 Å². The van der Waals surface area contributed by atoms with Gasteiger partial charge in [0.05, 0.1) is 25.3 Å². The van der Waals surface area contributed by atoms with Gasteiger partial charge in [-0.1, -0.05) is 56.0 Å². The number of halogens is 1. The molecule has 28 heavy (non-hydrogen) atoms. The Kier molecular flexibility index (Phi) is 9.03. The van der Waals surface area contributed by atoms with Crippen LogP contribution in [0.4, 0.5) is 0 Å². The third-order valence-corrected chi connectivity index (χ3v) is 5.48. The molecule has 1 aromatic carbocycles. The average molecular weight is 451 g/mol. The second-order valence-corrected chi connectivity index (χ2v) is 8.09. The van der Waals surface area contributed by atoms with Gasteiger partial charge in [-0.3, -0.25) is 9.48 Å². The zero-order valence-electron chi connectivity index (χ0n) is 17.1. The van der Waals surface area contributed by atoms with Crippen molar-refractivity contribution in [3.8, 4) is 5.75 Å². The SMILES string of the molecule is CCCc1cc(CCC(=O)O)nn1Cc1cc(Br)ccc1OCC(CC)CC. The fourth-order valence-electron chi connectivity index (χ4n) is 3.17. The minimum atomic E-state index is -0.796. The summed E-state index contributed by atoms with van der Waals surface area (Å²) in [5, 5.41) is 13.6. The van der Waals surface area contributed by atoms with Crippen molar-refractivity contribution in [3.05, 3.63) is 45.7 Å². The maximum atomic E-state index is 10.9. The molecule has 0 spiro atoms. The first-order valence-electron chi connectivity index (χ1n) is 10.1. The molecule has 0 radical (unpaired) electrons. The van der Waals surface area contributed by atoms with E-state index in [-0.39, 0.29) is 6.42 Å². The lowest BCUT2D eigenvalue weighted by atomic mass is 10.1. The first-order valence-corrected chi connectivity index (χ1v) is 10.9. The highest BCUT2D eigenvalue weighted by atomic mass is 79.9. The van der Waals surface area contributed by atoms with Crippen LogP contribution in [-0.4, -0.2) is 27.5 Å². The van der Waals surface area contributed by atoms with E-state index < -0.39 is 5.97 Å². The number of nitrogens with zero attached hydrogens (tertiary/aromatic N) is 2. The number of aromatic nitrogens is 2. The summed E-state index contributed by atoms with van der Waals surface area (Å²) >= 11 is 3.56.